The number of hydrogen-bond donors (Lipinski definition) is 1. The van der Waals surface area contributed by atoms with Gasteiger partial charge in [-0.15, -0.1) is 11.3 Å². The Morgan fingerprint density at radius 1 is 1.29 bits per heavy atom. The van der Waals surface area contributed by atoms with Crippen LogP contribution in [-0.4, -0.2) is 15.5 Å². The van der Waals surface area contributed by atoms with E-state index in [1.807, 2.05) is 12.1 Å². The maximum Gasteiger partial charge on any atom is 0.142 e. The average molecular weight is 324 g/mol. The summed E-state index contributed by atoms with van der Waals surface area (Å²) in [6.07, 6.45) is 3.77. The zero-order chi connectivity index (χ0) is 15.5. The van der Waals surface area contributed by atoms with Crippen LogP contribution in [-0.2, 0) is 13.0 Å². The fourth-order valence-corrected chi connectivity index (χ4v) is 3.05. The Labute approximate surface area is 135 Å². The Morgan fingerprint density at radius 2 is 2.05 bits per heavy atom. The number of rotatable bonds is 5. The Kier molecular flexibility index (Phi) is 5.36. The van der Waals surface area contributed by atoms with Crippen LogP contribution in [0.4, 0.5) is 0 Å². The van der Waals surface area contributed by atoms with E-state index in [2.05, 4.69) is 38.0 Å². The minimum Gasteiger partial charge on any atom is -0.307 e. The van der Waals surface area contributed by atoms with Gasteiger partial charge in [-0.2, -0.15) is 0 Å². The second-order valence-electron chi connectivity index (χ2n) is 6.10. The molecule has 0 aliphatic heterocycles. The van der Waals surface area contributed by atoms with Crippen molar-refractivity contribution >= 4 is 22.9 Å². The quantitative estimate of drug-likeness (QED) is 0.866. The van der Waals surface area contributed by atoms with Crippen molar-refractivity contribution in [3.8, 4) is 10.7 Å². The van der Waals surface area contributed by atoms with Gasteiger partial charge in [0.15, 0.2) is 0 Å². The van der Waals surface area contributed by atoms with Gasteiger partial charge in [0.2, 0.25) is 0 Å². The first-order chi connectivity index (χ1) is 9.89. The number of halogens is 1. The van der Waals surface area contributed by atoms with E-state index in [0.29, 0.717) is 5.02 Å². The molecule has 2 aromatic heterocycles. The third-order valence-corrected chi connectivity index (χ3v) is 4.33. The van der Waals surface area contributed by atoms with Gasteiger partial charge in [0, 0.05) is 23.2 Å². The SMILES string of the molecule is CCCc1nc(-c2ccc(Cl)cn2)sc1CNC(C)(C)C. The molecule has 5 heteroatoms. The number of aryl methyl sites for hydroxylation is 1. The third kappa shape index (κ3) is 4.77. The van der Waals surface area contributed by atoms with Crippen molar-refractivity contribution < 1.29 is 0 Å². The molecule has 0 unspecified atom stereocenters. The van der Waals surface area contributed by atoms with Crippen LogP contribution in [0.2, 0.25) is 5.02 Å². The molecule has 0 aromatic carbocycles. The summed E-state index contributed by atoms with van der Waals surface area (Å²) in [6.45, 7) is 9.56. The molecule has 0 atom stereocenters. The fraction of sp³-hybridized carbons (Fsp3) is 0.500. The third-order valence-electron chi connectivity index (χ3n) is 2.99. The second-order valence-corrected chi connectivity index (χ2v) is 7.62. The summed E-state index contributed by atoms with van der Waals surface area (Å²) in [7, 11) is 0. The molecule has 0 radical (unpaired) electrons. The summed E-state index contributed by atoms with van der Waals surface area (Å²) >= 11 is 7.62. The number of nitrogens with one attached hydrogen (secondary N) is 1. The molecule has 2 aromatic rings. The number of nitrogens with zero attached hydrogens (tertiary/aromatic N) is 2. The molecule has 0 spiro atoms. The molecular weight excluding hydrogens is 302 g/mol. The lowest BCUT2D eigenvalue weighted by Crippen LogP contribution is -2.35. The number of hydrogen-bond acceptors (Lipinski definition) is 4. The van der Waals surface area contributed by atoms with Crippen LogP contribution in [0.5, 0.6) is 0 Å². The normalized spacial score (nSPS) is 11.9. The molecular formula is C16H22ClN3S. The summed E-state index contributed by atoms with van der Waals surface area (Å²) in [5, 5.41) is 5.16. The zero-order valence-corrected chi connectivity index (χ0v) is 14.6. The molecule has 0 saturated heterocycles. The Balaban J connectivity index is 2.25. The van der Waals surface area contributed by atoms with Gasteiger partial charge in [0.1, 0.15) is 5.01 Å². The van der Waals surface area contributed by atoms with Crippen molar-refractivity contribution in [1.29, 1.82) is 0 Å². The van der Waals surface area contributed by atoms with E-state index in [-0.39, 0.29) is 5.54 Å². The summed E-state index contributed by atoms with van der Waals surface area (Å²) in [5.41, 5.74) is 2.18. The number of pyridine rings is 1. The standard InChI is InChI=1S/C16H22ClN3S/c1-5-6-12-14(10-19-16(2,3)4)21-15(20-12)13-8-7-11(17)9-18-13/h7-9,19H,5-6,10H2,1-4H3. The highest BCUT2D eigenvalue weighted by Gasteiger charge is 2.15. The molecule has 0 saturated carbocycles. The van der Waals surface area contributed by atoms with Gasteiger partial charge in [0.05, 0.1) is 16.4 Å². The van der Waals surface area contributed by atoms with Crippen molar-refractivity contribution in [1.82, 2.24) is 15.3 Å². The van der Waals surface area contributed by atoms with Gasteiger partial charge >= 0.3 is 0 Å². The fourth-order valence-electron chi connectivity index (χ4n) is 1.91. The van der Waals surface area contributed by atoms with Crippen LogP contribution < -0.4 is 5.32 Å². The van der Waals surface area contributed by atoms with Crippen LogP contribution in [0, 0.1) is 0 Å². The highest BCUT2D eigenvalue weighted by molar-refractivity contribution is 7.15. The van der Waals surface area contributed by atoms with E-state index in [9.17, 15) is 0 Å². The Bertz CT molecular complexity index is 585. The number of aromatic nitrogens is 2. The molecule has 114 valence electrons. The maximum atomic E-state index is 5.90. The molecule has 0 amide bonds. The minimum absolute atomic E-state index is 0.103. The van der Waals surface area contributed by atoms with E-state index in [1.54, 1.807) is 17.5 Å². The minimum atomic E-state index is 0.103. The smallest absolute Gasteiger partial charge is 0.142 e. The summed E-state index contributed by atoms with van der Waals surface area (Å²) in [6, 6.07) is 3.79. The molecule has 21 heavy (non-hydrogen) atoms. The van der Waals surface area contributed by atoms with Crippen molar-refractivity contribution in [3.05, 3.63) is 33.9 Å². The van der Waals surface area contributed by atoms with Crippen LogP contribution >= 0.6 is 22.9 Å². The van der Waals surface area contributed by atoms with Crippen LogP contribution in [0.15, 0.2) is 18.3 Å². The Morgan fingerprint density at radius 3 is 2.62 bits per heavy atom. The molecule has 0 bridgehead atoms. The molecule has 0 aliphatic carbocycles. The van der Waals surface area contributed by atoms with Gasteiger partial charge in [-0.05, 0) is 39.3 Å². The van der Waals surface area contributed by atoms with Crippen LogP contribution in [0.25, 0.3) is 10.7 Å². The monoisotopic (exact) mass is 323 g/mol. The predicted molar refractivity (Wildman–Crippen MR) is 90.9 cm³/mol. The topological polar surface area (TPSA) is 37.8 Å². The first-order valence-electron chi connectivity index (χ1n) is 7.24. The first-order valence-corrected chi connectivity index (χ1v) is 8.44. The molecule has 0 fully saturated rings. The van der Waals surface area contributed by atoms with Gasteiger partial charge in [-0.1, -0.05) is 24.9 Å². The molecule has 2 rings (SSSR count). The highest BCUT2D eigenvalue weighted by atomic mass is 35.5. The summed E-state index contributed by atoms with van der Waals surface area (Å²) in [5.74, 6) is 0. The Hall–Kier alpha value is -0.970. The van der Waals surface area contributed by atoms with Crippen molar-refractivity contribution in [2.45, 2.75) is 52.6 Å². The summed E-state index contributed by atoms with van der Waals surface area (Å²) in [4.78, 5) is 10.4. The number of thiazole rings is 1. The van der Waals surface area contributed by atoms with E-state index >= 15 is 0 Å². The predicted octanol–water partition coefficient (Wildman–Crippen LogP) is 4.70. The highest BCUT2D eigenvalue weighted by Crippen LogP contribution is 2.28. The van der Waals surface area contributed by atoms with Gasteiger partial charge in [-0.25, -0.2) is 4.98 Å². The van der Waals surface area contributed by atoms with Crippen molar-refractivity contribution in [2.24, 2.45) is 0 Å². The average Bonchev–Trinajstić information content (AvgIpc) is 2.80. The van der Waals surface area contributed by atoms with E-state index in [4.69, 9.17) is 16.6 Å². The summed E-state index contributed by atoms with van der Waals surface area (Å²) < 4.78 is 0. The molecule has 1 N–H and O–H groups in total. The second kappa shape index (κ2) is 6.86. The largest absolute Gasteiger partial charge is 0.307 e. The lowest BCUT2D eigenvalue weighted by Gasteiger charge is -2.20. The first kappa shape index (κ1) is 16.4. The van der Waals surface area contributed by atoms with Gasteiger partial charge < -0.3 is 5.32 Å². The van der Waals surface area contributed by atoms with Crippen LogP contribution in [0.1, 0.15) is 44.7 Å². The lowest BCUT2D eigenvalue weighted by molar-refractivity contribution is 0.425. The van der Waals surface area contributed by atoms with Crippen molar-refractivity contribution in [2.75, 3.05) is 0 Å². The van der Waals surface area contributed by atoms with E-state index in [0.717, 1.165) is 30.1 Å². The maximum absolute atomic E-state index is 5.90. The molecule has 2 heterocycles. The molecule has 3 nitrogen and oxygen atoms in total. The zero-order valence-electron chi connectivity index (χ0n) is 13.0. The molecule has 0 aliphatic rings. The van der Waals surface area contributed by atoms with E-state index in [1.165, 1.54) is 10.6 Å². The lowest BCUT2D eigenvalue weighted by atomic mass is 10.1. The van der Waals surface area contributed by atoms with Crippen LogP contribution in [0.3, 0.4) is 0 Å². The van der Waals surface area contributed by atoms with Gasteiger partial charge in [-0.3, -0.25) is 4.98 Å². The van der Waals surface area contributed by atoms with Gasteiger partial charge in [0.25, 0.3) is 0 Å². The van der Waals surface area contributed by atoms with Crippen molar-refractivity contribution in [3.63, 3.8) is 0 Å². The van der Waals surface area contributed by atoms with E-state index < -0.39 is 0 Å².